The van der Waals surface area contributed by atoms with Gasteiger partial charge >= 0.3 is 5.97 Å². The van der Waals surface area contributed by atoms with Gasteiger partial charge in [-0.15, -0.1) is 0 Å². The molecular weight excluding hydrogens is 486 g/mol. The molecule has 0 spiro atoms. The van der Waals surface area contributed by atoms with E-state index in [-0.39, 0.29) is 17.1 Å². The van der Waals surface area contributed by atoms with Crippen molar-refractivity contribution in [3.05, 3.63) is 35.4 Å². The number of carbonyl (C=O) groups is 1. The number of carbonyl (C=O) groups excluding carboxylic acids is 1. The fourth-order valence-electron chi connectivity index (χ4n) is 7.44. The van der Waals surface area contributed by atoms with Crippen molar-refractivity contribution < 1.29 is 14.0 Å². The second kappa shape index (κ2) is 11.4. The van der Waals surface area contributed by atoms with Crippen LogP contribution in [0.3, 0.4) is 0 Å². The number of piperidine rings is 3. The van der Waals surface area contributed by atoms with Crippen molar-refractivity contribution in [1.29, 1.82) is 0 Å². The van der Waals surface area contributed by atoms with Crippen LogP contribution in [0.5, 0.6) is 0 Å². The molecule has 2 aliphatic carbocycles. The standard InChI is InChI=1S/C33H53NO3Si/c1-32(2,3)38(4,5)37-29-14-12-25(13-15-29)22-26-10-9-11-28(23-26)33(18-7-6-8-19-33)31(35)36-30-24-34-20-16-27(30)17-21-34/h9-11,23,25,27,29-30H,6-8,12-22,24H2,1-5H3/t25?,29?,30-/m0/s1. The fourth-order valence-corrected chi connectivity index (χ4v) is 8.86. The number of benzene rings is 1. The molecule has 0 unspecified atom stereocenters. The molecule has 3 aliphatic heterocycles. The first-order valence-electron chi connectivity index (χ1n) is 15.8. The van der Waals surface area contributed by atoms with E-state index in [2.05, 4.69) is 63.0 Å². The van der Waals surface area contributed by atoms with Gasteiger partial charge in [-0.2, -0.15) is 0 Å². The van der Waals surface area contributed by atoms with Crippen LogP contribution < -0.4 is 0 Å². The van der Waals surface area contributed by atoms with Gasteiger partial charge in [-0.3, -0.25) is 9.69 Å². The lowest BCUT2D eigenvalue weighted by atomic mass is 9.68. The molecule has 3 saturated heterocycles. The van der Waals surface area contributed by atoms with Crippen molar-refractivity contribution in [3.63, 3.8) is 0 Å². The van der Waals surface area contributed by atoms with Crippen LogP contribution in [0, 0.1) is 11.8 Å². The molecule has 1 aromatic rings. The Balaban J connectivity index is 1.23. The number of rotatable bonds is 7. The zero-order valence-corrected chi connectivity index (χ0v) is 25.9. The van der Waals surface area contributed by atoms with E-state index >= 15 is 0 Å². The highest BCUT2D eigenvalue weighted by atomic mass is 28.4. The molecule has 2 saturated carbocycles. The molecule has 1 aromatic carbocycles. The highest BCUT2D eigenvalue weighted by molar-refractivity contribution is 6.74. The molecule has 1 atom stereocenters. The lowest BCUT2D eigenvalue weighted by Crippen LogP contribution is -2.53. The average molecular weight is 540 g/mol. The predicted octanol–water partition coefficient (Wildman–Crippen LogP) is 7.65. The van der Waals surface area contributed by atoms with Crippen molar-refractivity contribution >= 4 is 14.3 Å². The van der Waals surface area contributed by atoms with Crippen LogP contribution in [0.15, 0.2) is 24.3 Å². The van der Waals surface area contributed by atoms with Gasteiger partial charge in [0.2, 0.25) is 0 Å². The summed E-state index contributed by atoms with van der Waals surface area (Å²) in [5, 5.41) is 0.273. The van der Waals surface area contributed by atoms with Crippen molar-refractivity contribution in [2.45, 2.75) is 134 Å². The third kappa shape index (κ3) is 6.10. The van der Waals surface area contributed by atoms with Gasteiger partial charge in [0.1, 0.15) is 6.10 Å². The second-order valence-corrected chi connectivity index (χ2v) is 19.4. The SMILES string of the molecule is CC(C)(C)[Si](C)(C)OC1CCC(Cc2cccc(C3(C(=O)O[C@H]4CN5CCC4CC5)CCCCC3)c2)CC1. The van der Waals surface area contributed by atoms with Gasteiger partial charge < -0.3 is 9.16 Å². The minimum atomic E-state index is -1.70. The summed E-state index contributed by atoms with van der Waals surface area (Å²) in [6, 6.07) is 9.09. The van der Waals surface area contributed by atoms with E-state index in [1.54, 1.807) is 0 Å². The first-order valence-corrected chi connectivity index (χ1v) is 18.7. The van der Waals surface area contributed by atoms with Crippen molar-refractivity contribution in [1.82, 2.24) is 4.90 Å². The van der Waals surface area contributed by atoms with E-state index in [9.17, 15) is 4.79 Å². The van der Waals surface area contributed by atoms with Crippen LogP contribution in [0.1, 0.15) is 103 Å². The molecule has 5 aliphatic rings. The lowest BCUT2D eigenvalue weighted by Gasteiger charge is -2.45. The molecule has 0 aromatic heterocycles. The Bertz CT molecular complexity index is 947. The van der Waals surface area contributed by atoms with Crippen LogP contribution >= 0.6 is 0 Å². The van der Waals surface area contributed by atoms with Gasteiger partial charge in [-0.1, -0.05) is 64.3 Å². The van der Waals surface area contributed by atoms with Crippen molar-refractivity contribution in [2.75, 3.05) is 19.6 Å². The molecule has 0 amide bonds. The summed E-state index contributed by atoms with van der Waals surface area (Å²) >= 11 is 0. The maximum absolute atomic E-state index is 13.9. The van der Waals surface area contributed by atoms with Gasteiger partial charge in [-0.05, 0) is 112 Å². The Morgan fingerprint density at radius 2 is 1.68 bits per heavy atom. The lowest BCUT2D eigenvalue weighted by molar-refractivity contribution is -0.167. The number of nitrogens with zero attached hydrogens (tertiary/aromatic N) is 1. The fraction of sp³-hybridized carbons (Fsp3) is 0.788. The number of ether oxygens (including phenoxy) is 1. The molecule has 5 heteroatoms. The zero-order chi connectivity index (χ0) is 27.0. The quantitative estimate of drug-likeness (QED) is 0.263. The molecule has 38 heavy (non-hydrogen) atoms. The number of esters is 1. The number of fused-ring (bicyclic) bond motifs is 3. The van der Waals surface area contributed by atoms with Crippen LogP contribution in [-0.4, -0.2) is 51.0 Å². The minimum Gasteiger partial charge on any atom is -0.460 e. The van der Waals surface area contributed by atoms with Gasteiger partial charge in [-0.25, -0.2) is 0 Å². The van der Waals surface area contributed by atoms with E-state index in [1.165, 1.54) is 69.2 Å². The van der Waals surface area contributed by atoms with Gasteiger partial charge in [0.25, 0.3) is 0 Å². The third-order valence-electron chi connectivity index (χ3n) is 11.0. The largest absolute Gasteiger partial charge is 0.460 e. The summed E-state index contributed by atoms with van der Waals surface area (Å²) in [7, 11) is -1.70. The Labute approximate surface area is 233 Å². The normalized spacial score (nSPS) is 31.7. The van der Waals surface area contributed by atoms with E-state index in [0.29, 0.717) is 17.9 Å². The minimum absolute atomic E-state index is 0.0661. The predicted molar refractivity (Wildman–Crippen MR) is 158 cm³/mol. The molecule has 5 fully saturated rings. The molecule has 3 heterocycles. The van der Waals surface area contributed by atoms with Crippen LogP contribution in [0.2, 0.25) is 18.1 Å². The molecule has 0 N–H and O–H groups in total. The first kappa shape index (κ1) is 28.4. The Morgan fingerprint density at radius 1 is 1.00 bits per heavy atom. The molecule has 2 bridgehead atoms. The maximum Gasteiger partial charge on any atom is 0.316 e. The number of hydrogen-bond acceptors (Lipinski definition) is 4. The summed E-state index contributed by atoms with van der Waals surface area (Å²) < 4.78 is 13.1. The van der Waals surface area contributed by atoms with Gasteiger partial charge in [0, 0.05) is 12.6 Å². The summed E-state index contributed by atoms with van der Waals surface area (Å²) in [5.41, 5.74) is 2.17. The van der Waals surface area contributed by atoms with E-state index < -0.39 is 13.7 Å². The molecule has 0 radical (unpaired) electrons. The zero-order valence-electron chi connectivity index (χ0n) is 24.9. The average Bonchev–Trinajstić information content (AvgIpc) is 2.90. The van der Waals surface area contributed by atoms with Gasteiger partial charge in [0.15, 0.2) is 8.32 Å². The topological polar surface area (TPSA) is 38.8 Å². The summed E-state index contributed by atoms with van der Waals surface area (Å²) in [6.45, 7) is 15.1. The van der Waals surface area contributed by atoms with Crippen LogP contribution in [-0.2, 0) is 25.8 Å². The summed E-state index contributed by atoms with van der Waals surface area (Å²) in [4.78, 5) is 16.4. The van der Waals surface area contributed by atoms with E-state index in [1.807, 2.05) is 0 Å². The molecular formula is C33H53NO3Si. The van der Waals surface area contributed by atoms with Crippen molar-refractivity contribution in [3.8, 4) is 0 Å². The van der Waals surface area contributed by atoms with Gasteiger partial charge in [0.05, 0.1) is 5.41 Å². The Morgan fingerprint density at radius 3 is 2.29 bits per heavy atom. The smallest absolute Gasteiger partial charge is 0.316 e. The summed E-state index contributed by atoms with van der Waals surface area (Å²) in [5.74, 6) is 1.34. The monoisotopic (exact) mass is 539 g/mol. The van der Waals surface area contributed by atoms with E-state index in [4.69, 9.17) is 9.16 Å². The molecule has 212 valence electrons. The first-order chi connectivity index (χ1) is 18.1. The van der Waals surface area contributed by atoms with Crippen molar-refractivity contribution in [2.24, 2.45) is 11.8 Å². The third-order valence-corrected chi connectivity index (χ3v) is 15.6. The van der Waals surface area contributed by atoms with Crippen LogP contribution in [0.25, 0.3) is 0 Å². The highest BCUT2D eigenvalue weighted by Crippen LogP contribution is 2.43. The molecule has 6 rings (SSSR count). The summed E-state index contributed by atoms with van der Waals surface area (Å²) in [6.07, 6.45) is 14.2. The van der Waals surface area contributed by atoms with E-state index in [0.717, 1.165) is 38.6 Å². The molecule has 4 nitrogen and oxygen atoms in total. The highest BCUT2D eigenvalue weighted by Gasteiger charge is 2.46. The Kier molecular flexibility index (Phi) is 8.48. The number of hydrogen-bond donors (Lipinski definition) is 0. The Hall–Kier alpha value is -1.17. The maximum atomic E-state index is 13.9. The van der Waals surface area contributed by atoms with Crippen LogP contribution in [0.4, 0.5) is 0 Å². The second-order valence-electron chi connectivity index (χ2n) is 14.6.